The van der Waals surface area contributed by atoms with Gasteiger partial charge in [-0.2, -0.15) is 0 Å². The molecule has 0 spiro atoms. The largest absolute Gasteiger partial charge is 0.469 e. The third-order valence-electron chi connectivity index (χ3n) is 7.97. The van der Waals surface area contributed by atoms with Crippen molar-refractivity contribution in [3.05, 3.63) is 23.9 Å². The number of hydrogen-bond donors (Lipinski definition) is 9. The van der Waals surface area contributed by atoms with Gasteiger partial charge in [0, 0.05) is 59.2 Å². The van der Waals surface area contributed by atoms with Crippen molar-refractivity contribution in [3.63, 3.8) is 0 Å². The van der Waals surface area contributed by atoms with E-state index in [2.05, 4.69) is 82.7 Å². The van der Waals surface area contributed by atoms with Crippen molar-refractivity contribution in [2.24, 2.45) is 5.73 Å². The van der Waals surface area contributed by atoms with E-state index in [-0.39, 0.29) is 49.1 Å². The van der Waals surface area contributed by atoms with Crippen LogP contribution in [-0.2, 0) is 28.7 Å². The van der Waals surface area contributed by atoms with Crippen molar-refractivity contribution in [3.8, 4) is 0 Å². The standard InChI is InChI=1S/C29H56N6O6.C10H19N.2C2H6.2CH4O/c1-4-5-6-7-8-9-10-13-25(36)32-19-12-18-31-20-17-24(30)29(40)34-22-27(38)33-21-16-23(2)35-26(37)14-11-15-28(39)41-3;1-4-6-7-8-10(3)9-11-5-2;4*1-2/h23-24,31H,4-22,30H2,1-3H3,(H,32,36)(H,33,38)(H,34,40)(H,35,37);6-7,9,11H,4-5,8H2,1-3H3;2*1-2H3;2*2H,1H3/b;7-6-,10-9-;;;;/t23-,24-;;;;;/m0...../s1. The Bertz CT molecular complexity index is 1010. The number of aliphatic hydroxyl groups excluding tert-OH is 2. The molecule has 0 fully saturated rings. The second-order valence-corrected chi connectivity index (χ2v) is 13.1. The van der Waals surface area contributed by atoms with Crippen LogP contribution < -0.4 is 37.6 Å². The first kappa shape index (κ1) is 68.2. The van der Waals surface area contributed by atoms with E-state index in [1.807, 2.05) is 34.6 Å². The second kappa shape index (κ2) is 59.8. The van der Waals surface area contributed by atoms with Crippen LogP contribution in [0.2, 0.25) is 0 Å². The van der Waals surface area contributed by atoms with Crippen LogP contribution in [0.1, 0.15) is 165 Å². The van der Waals surface area contributed by atoms with Gasteiger partial charge in [-0.25, -0.2) is 0 Å². The van der Waals surface area contributed by atoms with Crippen LogP contribution in [-0.4, -0.2) is 112 Å². The van der Waals surface area contributed by atoms with Crippen LogP contribution in [0.3, 0.4) is 0 Å². The highest BCUT2D eigenvalue weighted by atomic mass is 16.5. The molecule has 0 aromatic carbocycles. The molecule has 0 aliphatic heterocycles. The van der Waals surface area contributed by atoms with Gasteiger partial charge in [-0.15, -0.1) is 0 Å². The van der Waals surface area contributed by atoms with Crippen molar-refractivity contribution in [1.29, 1.82) is 0 Å². The van der Waals surface area contributed by atoms with Gasteiger partial charge in [-0.3, -0.25) is 24.0 Å². The SMILES string of the molecule is CC.CC.CC/C=C\C/C(C)=C\NCC.CCCCCCCCCC(=O)NCCCNCC[C@H](N)C(=O)NCC(=O)NCC[C@H](C)NC(=O)CCCC(=O)OC.CO.CO. The van der Waals surface area contributed by atoms with E-state index < -0.39 is 11.9 Å². The Kier molecular flexibility index (Phi) is 68.0. The summed E-state index contributed by atoms with van der Waals surface area (Å²) < 4.78 is 4.54. The molecule has 0 aromatic heterocycles. The Morgan fingerprint density at radius 2 is 1.25 bits per heavy atom. The quantitative estimate of drug-likeness (QED) is 0.0239. The highest BCUT2D eigenvalue weighted by molar-refractivity contribution is 5.87. The van der Waals surface area contributed by atoms with E-state index in [1.165, 1.54) is 44.8 Å². The van der Waals surface area contributed by atoms with Crippen LogP contribution in [0.5, 0.6) is 0 Å². The van der Waals surface area contributed by atoms with E-state index in [0.717, 1.165) is 52.9 Å². The summed E-state index contributed by atoms with van der Waals surface area (Å²) in [5.41, 5.74) is 7.30. The van der Waals surface area contributed by atoms with Crippen molar-refractivity contribution in [2.75, 3.05) is 60.6 Å². The maximum Gasteiger partial charge on any atom is 0.305 e. The van der Waals surface area contributed by atoms with E-state index >= 15 is 0 Å². The molecule has 0 aliphatic carbocycles. The molecule has 15 heteroatoms. The van der Waals surface area contributed by atoms with Crippen molar-refractivity contribution >= 4 is 29.6 Å². The van der Waals surface area contributed by atoms with Gasteiger partial charge in [-0.1, -0.05) is 97.8 Å². The molecule has 0 saturated carbocycles. The minimum absolute atomic E-state index is 0.103. The van der Waals surface area contributed by atoms with Gasteiger partial charge in [-0.05, 0) is 85.0 Å². The zero-order chi connectivity index (χ0) is 47.2. The van der Waals surface area contributed by atoms with Gasteiger partial charge in [0.25, 0.3) is 0 Å². The van der Waals surface area contributed by atoms with Crippen LogP contribution >= 0.6 is 0 Å². The van der Waals surface area contributed by atoms with Gasteiger partial charge < -0.3 is 52.6 Å². The summed E-state index contributed by atoms with van der Waals surface area (Å²) in [5.74, 6) is -1.14. The first-order valence-corrected chi connectivity index (χ1v) is 22.6. The average Bonchev–Trinajstić information content (AvgIpc) is 3.27. The Morgan fingerprint density at radius 3 is 1.83 bits per heavy atom. The smallest absolute Gasteiger partial charge is 0.305 e. The van der Waals surface area contributed by atoms with Crippen LogP contribution in [0.15, 0.2) is 23.9 Å². The summed E-state index contributed by atoms with van der Waals surface area (Å²) in [6, 6.07) is -0.881. The van der Waals surface area contributed by atoms with E-state index in [0.29, 0.717) is 51.9 Å². The minimum Gasteiger partial charge on any atom is -0.469 e. The lowest BCUT2D eigenvalue weighted by Gasteiger charge is -2.15. The molecule has 0 heterocycles. The Balaban J connectivity index is -0.000000321. The zero-order valence-corrected chi connectivity index (χ0v) is 40.4. The van der Waals surface area contributed by atoms with Crippen molar-refractivity contribution in [2.45, 2.75) is 177 Å². The molecular weight excluding hydrogens is 767 g/mol. The van der Waals surface area contributed by atoms with E-state index in [9.17, 15) is 24.0 Å². The maximum atomic E-state index is 12.1. The molecule has 60 heavy (non-hydrogen) atoms. The van der Waals surface area contributed by atoms with Gasteiger partial charge in [0.15, 0.2) is 0 Å². The fourth-order valence-electron chi connectivity index (χ4n) is 4.76. The lowest BCUT2D eigenvalue weighted by Crippen LogP contribution is -2.46. The lowest BCUT2D eigenvalue weighted by atomic mass is 10.1. The number of esters is 1. The molecule has 0 unspecified atom stereocenters. The first-order chi connectivity index (χ1) is 29.0. The molecule has 0 radical (unpaired) electrons. The number of nitrogens with one attached hydrogen (secondary N) is 6. The highest BCUT2D eigenvalue weighted by Gasteiger charge is 2.14. The molecule has 0 aliphatic rings. The predicted octanol–water partition coefficient (Wildman–Crippen LogP) is 5.54. The van der Waals surface area contributed by atoms with E-state index in [1.54, 1.807) is 0 Å². The number of amides is 4. The normalized spacial score (nSPS) is 11.0. The molecular formula is C45H95N7O8. The van der Waals surface area contributed by atoms with Crippen LogP contribution in [0, 0.1) is 0 Å². The van der Waals surface area contributed by atoms with Gasteiger partial charge >= 0.3 is 5.97 Å². The third-order valence-corrected chi connectivity index (χ3v) is 7.97. The number of rotatable bonds is 31. The molecule has 0 saturated heterocycles. The highest BCUT2D eigenvalue weighted by Crippen LogP contribution is 2.08. The number of unbranched alkanes of at least 4 members (excludes halogenated alkanes) is 6. The number of hydrogen-bond acceptors (Lipinski definition) is 11. The fourth-order valence-corrected chi connectivity index (χ4v) is 4.76. The van der Waals surface area contributed by atoms with Crippen molar-refractivity contribution < 1.29 is 38.9 Å². The molecule has 2 atom stereocenters. The van der Waals surface area contributed by atoms with Crippen LogP contribution in [0.4, 0.5) is 0 Å². The number of allylic oxidation sites excluding steroid dienone is 3. The molecule has 0 rings (SSSR count). The maximum absolute atomic E-state index is 12.1. The summed E-state index contributed by atoms with van der Waals surface area (Å²) >= 11 is 0. The molecule has 4 amide bonds. The number of ether oxygens (including phenoxy) is 1. The minimum atomic E-state index is -0.730. The Morgan fingerprint density at radius 1 is 0.667 bits per heavy atom. The lowest BCUT2D eigenvalue weighted by molar-refractivity contribution is -0.140. The molecule has 10 N–H and O–H groups in total. The summed E-state index contributed by atoms with van der Waals surface area (Å²) in [6.07, 6.45) is 20.2. The molecule has 0 aromatic rings. The molecule has 358 valence electrons. The molecule has 0 bridgehead atoms. The number of nitrogens with two attached hydrogens (primary N) is 1. The van der Waals surface area contributed by atoms with Gasteiger partial charge in [0.2, 0.25) is 23.6 Å². The van der Waals surface area contributed by atoms with Crippen molar-refractivity contribution in [1.82, 2.24) is 31.9 Å². The molecule has 15 nitrogen and oxygen atoms in total. The number of carbonyl (C=O) groups is 5. The van der Waals surface area contributed by atoms with Gasteiger partial charge in [0.05, 0.1) is 19.7 Å². The zero-order valence-electron chi connectivity index (χ0n) is 40.4. The first-order valence-electron chi connectivity index (χ1n) is 22.6. The monoisotopic (exact) mass is 862 g/mol. The fraction of sp³-hybridized carbons (Fsp3) is 0.800. The topological polar surface area (TPSA) is 233 Å². The second-order valence-electron chi connectivity index (χ2n) is 13.1. The summed E-state index contributed by atoms with van der Waals surface area (Å²) in [6.45, 7) is 21.5. The van der Waals surface area contributed by atoms with Gasteiger partial charge in [0.1, 0.15) is 0 Å². The number of aliphatic hydroxyl groups is 2. The number of carbonyl (C=O) groups excluding carboxylic acids is 5. The van der Waals surface area contributed by atoms with Crippen LogP contribution in [0.25, 0.3) is 0 Å². The van der Waals surface area contributed by atoms with E-state index in [4.69, 9.17) is 15.9 Å². The summed E-state index contributed by atoms with van der Waals surface area (Å²) in [7, 11) is 3.31. The third kappa shape index (κ3) is 58.8. The Labute approximate surface area is 367 Å². The summed E-state index contributed by atoms with van der Waals surface area (Å²) in [5, 5.41) is 31.4. The average molecular weight is 862 g/mol. The summed E-state index contributed by atoms with van der Waals surface area (Å²) in [4.78, 5) is 59.0. The Hall–Kier alpha value is -3.53. The predicted molar refractivity (Wildman–Crippen MR) is 250 cm³/mol. The number of methoxy groups -OCH3 is 1.